The van der Waals surface area contributed by atoms with Gasteiger partial charge in [-0.15, -0.1) is 0 Å². The number of aliphatic imine (C=N–C) groups is 1. The van der Waals surface area contributed by atoms with E-state index >= 15 is 0 Å². The van der Waals surface area contributed by atoms with Crippen LogP contribution in [0.1, 0.15) is 25.0 Å². The number of fused-ring (bicyclic) bond motifs is 1. The van der Waals surface area contributed by atoms with Crippen molar-refractivity contribution in [2.45, 2.75) is 32.1 Å². The average molecular weight is 456 g/mol. The van der Waals surface area contributed by atoms with Gasteiger partial charge in [0.25, 0.3) is 5.91 Å². The smallest absolute Gasteiger partial charge is 0.272 e. The van der Waals surface area contributed by atoms with Crippen molar-refractivity contribution < 1.29 is 4.79 Å². The maximum atomic E-state index is 13.4. The van der Waals surface area contributed by atoms with Gasteiger partial charge in [0, 0.05) is 48.4 Å². The Morgan fingerprint density at radius 3 is 2.71 bits per heavy atom. The van der Waals surface area contributed by atoms with Crippen molar-refractivity contribution in [3.8, 4) is 0 Å². The summed E-state index contributed by atoms with van der Waals surface area (Å²) in [5.74, 6) is -0.173. The van der Waals surface area contributed by atoms with Gasteiger partial charge < -0.3 is 20.4 Å². The summed E-state index contributed by atoms with van der Waals surface area (Å²) in [5.41, 5.74) is 3.19. The van der Waals surface area contributed by atoms with Crippen molar-refractivity contribution >= 4 is 46.2 Å². The first kappa shape index (κ1) is 21.7. The molecule has 162 valence electrons. The van der Waals surface area contributed by atoms with Crippen LogP contribution >= 0.6 is 23.8 Å². The molecule has 4 rings (SSSR count). The van der Waals surface area contributed by atoms with E-state index in [0.29, 0.717) is 21.9 Å². The van der Waals surface area contributed by atoms with E-state index in [1.165, 1.54) is 0 Å². The summed E-state index contributed by atoms with van der Waals surface area (Å²) in [6.45, 7) is 5.85. The number of piperazine rings is 1. The molecule has 2 aromatic carbocycles. The number of nitrogens with zero attached hydrogens (tertiary/aromatic N) is 3. The second kappa shape index (κ2) is 8.94. The first-order chi connectivity index (χ1) is 14.8. The van der Waals surface area contributed by atoms with Crippen LogP contribution in [0.25, 0.3) is 0 Å². The van der Waals surface area contributed by atoms with Crippen molar-refractivity contribution in [3.05, 3.63) is 64.7 Å². The number of hydrogen-bond donors (Lipinski definition) is 2. The third-order valence-corrected chi connectivity index (χ3v) is 6.32. The zero-order valence-electron chi connectivity index (χ0n) is 17.8. The second-order valence-electron chi connectivity index (χ2n) is 8.07. The highest BCUT2D eigenvalue weighted by atomic mass is 35.5. The zero-order valence-corrected chi connectivity index (χ0v) is 19.4. The Morgan fingerprint density at radius 1 is 1.23 bits per heavy atom. The topological polar surface area (TPSA) is 60.0 Å². The fourth-order valence-corrected chi connectivity index (χ4v) is 4.51. The van der Waals surface area contributed by atoms with E-state index in [1.807, 2.05) is 42.5 Å². The van der Waals surface area contributed by atoms with Crippen molar-refractivity contribution in [3.63, 3.8) is 0 Å². The number of amides is 1. The number of likely N-dealkylation sites (N-methyl/N-ethyl adjacent to an activating group) is 1. The Kier molecular flexibility index (Phi) is 6.27. The minimum absolute atomic E-state index is 0.173. The van der Waals surface area contributed by atoms with Crippen LogP contribution in [0, 0.1) is 0 Å². The van der Waals surface area contributed by atoms with Gasteiger partial charge in [0.1, 0.15) is 0 Å². The third-order valence-electron chi connectivity index (χ3n) is 5.73. The monoisotopic (exact) mass is 455 g/mol. The summed E-state index contributed by atoms with van der Waals surface area (Å²) < 4.78 is 0. The van der Waals surface area contributed by atoms with Crippen molar-refractivity contribution in [1.29, 1.82) is 0 Å². The predicted octanol–water partition coefficient (Wildman–Crippen LogP) is 3.04. The zero-order chi connectivity index (χ0) is 22.1. The predicted molar refractivity (Wildman–Crippen MR) is 130 cm³/mol. The lowest BCUT2D eigenvalue weighted by Crippen LogP contribution is -2.60. The van der Waals surface area contributed by atoms with Crippen LogP contribution in [0.3, 0.4) is 0 Å². The van der Waals surface area contributed by atoms with Gasteiger partial charge in [0.2, 0.25) is 6.17 Å². The Bertz CT molecular complexity index is 1030. The largest absolute Gasteiger partial charge is 0.344 e. The molecule has 1 saturated heterocycles. The normalized spacial score (nSPS) is 23.7. The Morgan fingerprint density at radius 2 is 1.97 bits per heavy atom. The Labute approximate surface area is 193 Å². The summed E-state index contributed by atoms with van der Waals surface area (Å²) in [5, 5.41) is 7.80. The highest BCUT2D eigenvalue weighted by Gasteiger charge is 2.33. The summed E-state index contributed by atoms with van der Waals surface area (Å²) in [6.07, 6.45) is -0.837. The van der Waals surface area contributed by atoms with Crippen LogP contribution in [0.4, 0.5) is 5.69 Å². The number of carbonyl (C=O) groups is 1. The number of carbonyl (C=O) groups excluding carboxylic acids is 1. The molecule has 0 spiro atoms. The number of rotatable bonds is 2. The molecule has 6 nitrogen and oxygen atoms in total. The lowest BCUT2D eigenvalue weighted by Gasteiger charge is -2.39. The molecule has 8 heteroatoms. The second-order valence-corrected chi connectivity index (χ2v) is 8.89. The van der Waals surface area contributed by atoms with E-state index in [-0.39, 0.29) is 11.9 Å². The number of benzene rings is 2. The number of anilines is 1. The highest BCUT2D eigenvalue weighted by Crippen LogP contribution is 2.30. The van der Waals surface area contributed by atoms with Gasteiger partial charge in [-0.05, 0) is 44.3 Å². The summed E-state index contributed by atoms with van der Waals surface area (Å²) in [6, 6.07) is 15.9. The average Bonchev–Trinajstić information content (AvgIpc) is 2.86. The SMILES string of the molecule is CC1CN(C(=S)NC2N=C(c3ccccc3)c3cc(Cl)ccc3N(C)C2=O)C(C)CN1. The van der Waals surface area contributed by atoms with E-state index in [9.17, 15) is 4.79 Å². The van der Waals surface area contributed by atoms with Crippen molar-refractivity contribution in [2.75, 3.05) is 25.0 Å². The van der Waals surface area contributed by atoms with Gasteiger partial charge in [-0.1, -0.05) is 41.9 Å². The maximum Gasteiger partial charge on any atom is 0.272 e. The Hall–Kier alpha value is -2.48. The van der Waals surface area contributed by atoms with Crippen LogP contribution in [-0.4, -0.2) is 60.0 Å². The molecule has 0 aliphatic carbocycles. The molecule has 31 heavy (non-hydrogen) atoms. The summed E-state index contributed by atoms with van der Waals surface area (Å²) in [7, 11) is 1.76. The molecule has 3 atom stereocenters. The molecule has 1 fully saturated rings. The van der Waals surface area contributed by atoms with Gasteiger partial charge in [0.05, 0.1) is 11.4 Å². The number of nitrogens with one attached hydrogen (secondary N) is 2. The molecule has 0 radical (unpaired) electrons. The molecule has 3 unspecified atom stereocenters. The third kappa shape index (κ3) is 4.44. The molecule has 0 saturated carbocycles. The first-order valence-electron chi connectivity index (χ1n) is 10.4. The van der Waals surface area contributed by atoms with Gasteiger partial charge in [-0.25, -0.2) is 4.99 Å². The molecule has 0 bridgehead atoms. The van der Waals surface area contributed by atoms with Crippen LogP contribution < -0.4 is 15.5 Å². The van der Waals surface area contributed by atoms with Gasteiger partial charge >= 0.3 is 0 Å². The minimum atomic E-state index is -0.837. The fourth-order valence-electron chi connectivity index (χ4n) is 3.97. The van der Waals surface area contributed by atoms with Gasteiger partial charge in [-0.2, -0.15) is 0 Å². The van der Waals surface area contributed by atoms with Crippen molar-refractivity contribution in [2.24, 2.45) is 4.99 Å². The van der Waals surface area contributed by atoms with Crippen LogP contribution in [0.2, 0.25) is 5.02 Å². The number of hydrogen-bond acceptors (Lipinski definition) is 4. The quantitative estimate of drug-likeness (QED) is 0.681. The molecule has 1 amide bonds. The van der Waals surface area contributed by atoms with Gasteiger partial charge in [0.15, 0.2) is 5.11 Å². The molecule has 2 aliphatic heterocycles. The van der Waals surface area contributed by atoms with Crippen LogP contribution in [0.5, 0.6) is 0 Å². The number of halogens is 1. The van der Waals surface area contributed by atoms with E-state index in [2.05, 4.69) is 29.4 Å². The molecule has 2 N–H and O–H groups in total. The number of benzodiazepines with no additional fused rings is 1. The van der Waals surface area contributed by atoms with Crippen LogP contribution in [0.15, 0.2) is 53.5 Å². The molecule has 2 heterocycles. The lowest BCUT2D eigenvalue weighted by molar-refractivity contribution is -0.119. The fraction of sp³-hybridized carbons (Fsp3) is 0.348. The van der Waals surface area contributed by atoms with E-state index in [0.717, 1.165) is 29.9 Å². The lowest BCUT2D eigenvalue weighted by atomic mass is 10.0. The molecule has 2 aromatic rings. The molecular weight excluding hydrogens is 430 g/mol. The van der Waals surface area contributed by atoms with E-state index < -0.39 is 6.17 Å². The Balaban J connectivity index is 1.73. The maximum absolute atomic E-state index is 13.4. The first-order valence-corrected chi connectivity index (χ1v) is 11.1. The highest BCUT2D eigenvalue weighted by molar-refractivity contribution is 7.80. The summed E-state index contributed by atoms with van der Waals surface area (Å²) in [4.78, 5) is 22.0. The number of thiocarbonyl (C=S) groups is 1. The van der Waals surface area contributed by atoms with E-state index in [1.54, 1.807) is 18.0 Å². The molecular formula is C23H26ClN5OS. The van der Waals surface area contributed by atoms with Gasteiger partial charge in [-0.3, -0.25) is 4.79 Å². The van der Waals surface area contributed by atoms with E-state index in [4.69, 9.17) is 28.8 Å². The van der Waals surface area contributed by atoms with Crippen LogP contribution in [-0.2, 0) is 4.79 Å². The molecule has 0 aromatic heterocycles. The summed E-state index contributed by atoms with van der Waals surface area (Å²) >= 11 is 12.0. The molecule has 2 aliphatic rings. The minimum Gasteiger partial charge on any atom is -0.344 e. The standard InChI is InChI=1S/C23H26ClN5OS/c1-14-13-29(15(2)12-25-14)23(31)27-21-22(30)28(3)19-10-9-17(24)11-18(19)20(26-21)16-7-5-4-6-8-16/h4-11,14-15,21,25H,12-13H2,1-3H3,(H,27,31). The van der Waals surface area contributed by atoms with Crippen molar-refractivity contribution in [1.82, 2.24) is 15.5 Å².